The van der Waals surface area contributed by atoms with Crippen LogP contribution >= 0.6 is 0 Å². The number of carbonyl (C=O) groups excluding carboxylic acids is 1. The zero-order chi connectivity index (χ0) is 12.8. The zero-order valence-electron chi connectivity index (χ0n) is 10.2. The predicted octanol–water partition coefficient (Wildman–Crippen LogP) is 2.65. The van der Waals surface area contributed by atoms with E-state index in [9.17, 15) is 4.79 Å². The molecule has 2 aromatic rings. The minimum atomic E-state index is -0.0700. The van der Waals surface area contributed by atoms with Crippen LogP contribution in [0.2, 0.25) is 0 Å². The van der Waals surface area contributed by atoms with E-state index in [4.69, 9.17) is 0 Å². The Kier molecular flexibility index (Phi) is 3.91. The van der Waals surface area contributed by atoms with Crippen molar-refractivity contribution in [3.05, 3.63) is 54.4 Å². The van der Waals surface area contributed by atoms with Crippen molar-refractivity contribution in [1.29, 1.82) is 0 Å². The van der Waals surface area contributed by atoms with Gasteiger partial charge >= 0.3 is 0 Å². The molecule has 4 nitrogen and oxygen atoms in total. The van der Waals surface area contributed by atoms with E-state index in [1.807, 2.05) is 42.6 Å². The summed E-state index contributed by atoms with van der Waals surface area (Å²) in [5, 5.41) is 6.04. The van der Waals surface area contributed by atoms with Crippen LogP contribution in [-0.2, 0) is 11.3 Å². The van der Waals surface area contributed by atoms with E-state index in [2.05, 4.69) is 15.6 Å². The van der Waals surface area contributed by atoms with Crippen LogP contribution < -0.4 is 10.6 Å². The lowest BCUT2D eigenvalue weighted by Crippen LogP contribution is -2.06. The Hall–Kier alpha value is -2.36. The first-order valence-corrected chi connectivity index (χ1v) is 5.74. The number of hydrogen-bond acceptors (Lipinski definition) is 3. The molecule has 92 valence electrons. The van der Waals surface area contributed by atoms with Crippen molar-refractivity contribution in [2.75, 3.05) is 10.6 Å². The molecule has 1 aromatic heterocycles. The van der Waals surface area contributed by atoms with E-state index in [0.717, 1.165) is 16.9 Å². The maximum Gasteiger partial charge on any atom is 0.221 e. The molecule has 2 rings (SSSR count). The lowest BCUT2D eigenvalue weighted by Gasteiger charge is -2.08. The van der Waals surface area contributed by atoms with Crippen LogP contribution in [0.4, 0.5) is 11.4 Å². The molecule has 0 bridgehead atoms. The Labute approximate surface area is 106 Å². The molecule has 0 saturated heterocycles. The fraction of sp³-hybridized carbons (Fsp3) is 0.143. The van der Waals surface area contributed by atoms with Gasteiger partial charge in [-0.05, 0) is 29.8 Å². The van der Waals surface area contributed by atoms with Gasteiger partial charge < -0.3 is 10.6 Å². The summed E-state index contributed by atoms with van der Waals surface area (Å²) in [6, 6.07) is 11.5. The van der Waals surface area contributed by atoms with Crippen LogP contribution in [-0.4, -0.2) is 10.9 Å². The maximum absolute atomic E-state index is 11.0. The summed E-state index contributed by atoms with van der Waals surface area (Å²) in [6.07, 6.45) is 3.57. The quantitative estimate of drug-likeness (QED) is 0.865. The SMILES string of the molecule is CC(=O)Nc1cccc(NCc2cccnc2)c1. The molecule has 0 spiro atoms. The molecule has 4 heteroatoms. The average Bonchev–Trinajstić information content (AvgIpc) is 2.37. The van der Waals surface area contributed by atoms with Gasteiger partial charge in [-0.25, -0.2) is 0 Å². The van der Waals surface area contributed by atoms with Gasteiger partial charge in [-0.15, -0.1) is 0 Å². The molecule has 0 aliphatic heterocycles. The Morgan fingerprint density at radius 2 is 2.06 bits per heavy atom. The number of amides is 1. The third-order valence-corrected chi connectivity index (χ3v) is 2.40. The van der Waals surface area contributed by atoms with E-state index in [1.54, 1.807) is 6.20 Å². The highest BCUT2D eigenvalue weighted by atomic mass is 16.1. The number of carbonyl (C=O) groups is 1. The van der Waals surface area contributed by atoms with Gasteiger partial charge in [0.2, 0.25) is 5.91 Å². The van der Waals surface area contributed by atoms with E-state index in [0.29, 0.717) is 6.54 Å². The molecule has 0 fully saturated rings. The maximum atomic E-state index is 11.0. The minimum absolute atomic E-state index is 0.0700. The number of anilines is 2. The second-order valence-corrected chi connectivity index (χ2v) is 3.98. The molecule has 0 saturated carbocycles. The number of nitrogens with zero attached hydrogens (tertiary/aromatic N) is 1. The molecule has 2 N–H and O–H groups in total. The minimum Gasteiger partial charge on any atom is -0.381 e. The number of benzene rings is 1. The Morgan fingerprint density at radius 1 is 1.22 bits per heavy atom. The largest absolute Gasteiger partial charge is 0.381 e. The monoisotopic (exact) mass is 241 g/mol. The zero-order valence-corrected chi connectivity index (χ0v) is 10.2. The highest BCUT2D eigenvalue weighted by molar-refractivity contribution is 5.89. The first kappa shape index (κ1) is 12.1. The van der Waals surface area contributed by atoms with E-state index < -0.39 is 0 Å². The summed E-state index contributed by atoms with van der Waals surface area (Å²) >= 11 is 0. The molecule has 0 aliphatic carbocycles. The molecule has 0 aliphatic rings. The van der Waals surface area contributed by atoms with Crippen LogP contribution in [0, 0.1) is 0 Å². The summed E-state index contributed by atoms with van der Waals surface area (Å²) in [5.74, 6) is -0.0700. The second-order valence-electron chi connectivity index (χ2n) is 3.98. The van der Waals surface area contributed by atoms with Gasteiger partial charge in [-0.2, -0.15) is 0 Å². The standard InChI is InChI=1S/C14H15N3O/c1-11(18)17-14-6-2-5-13(8-14)16-10-12-4-3-7-15-9-12/h2-9,16H,10H2,1H3,(H,17,18). The van der Waals surface area contributed by atoms with Gasteiger partial charge in [0.1, 0.15) is 0 Å². The molecule has 1 heterocycles. The third kappa shape index (κ3) is 3.59. The van der Waals surface area contributed by atoms with Crippen LogP contribution in [0.1, 0.15) is 12.5 Å². The van der Waals surface area contributed by atoms with Crippen LogP contribution in [0.15, 0.2) is 48.8 Å². The lowest BCUT2D eigenvalue weighted by molar-refractivity contribution is -0.114. The molecule has 1 aromatic carbocycles. The number of rotatable bonds is 4. The molecule has 18 heavy (non-hydrogen) atoms. The second kappa shape index (κ2) is 5.82. The van der Waals surface area contributed by atoms with Gasteiger partial charge in [-0.3, -0.25) is 9.78 Å². The van der Waals surface area contributed by atoms with Gasteiger partial charge in [0.25, 0.3) is 0 Å². The van der Waals surface area contributed by atoms with E-state index in [1.165, 1.54) is 6.92 Å². The van der Waals surface area contributed by atoms with Crippen molar-refractivity contribution in [3.8, 4) is 0 Å². The summed E-state index contributed by atoms with van der Waals surface area (Å²) in [6.45, 7) is 2.20. The number of pyridine rings is 1. The van der Waals surface area contributed by atoms with Crippen molar-refractivity contribution >= 4 is 17.3 Å². The highest BCUT2D eigenvalue weighted by Crippen LogP contribution is 2.15. The average molecular weight is 241 g/mol. The normalized spacial score (nSPS) is 9.83. The van der Waals surface area contributed by atoms with Crippen LogP contribution in [0.25, 0.3) is 0 Å². The summed E-state index contributed by atoms with van der Waals surface area (Å²) in [4.78, 5) is 15.0. The van der Waals surface area contributed by atoms with Crippen molar-refractivity contribution < 1.29 is 4.79 Å². The van der Waals surface area contributed by atoms with Crippen LogP contribution in [0.5, 0.6) is 0 Å². The van der Waals surface area contributed by atoms with Gasteiger partial charge in [-0.1, -0.05) is 12.1 Å². The van der Waals surface area contributed by atoms with Crippen molar-refractivity contribution in [3.63, 3.8) is 0 Å². The Bertz CT molecular complexity index is 526. The van der Waals surface area contributed by atoms with Crippen molar-refractivity contribution in [2.45, 2.75) is 13.5 Å². The fourth-order valence-corrected chi connectivity index (χ4v) is 1.62. The van der Waals surface area contributed by atoms with Gasteiger partial charge in [0.05, 0.1) is 0 Å². The molecule has 1 amide bonds. The molecule has 0 unspecified atom stereocenters. The van der Waals surface area contributed by atoms with E-state index >= 15 is 0 Å². The first-order chi connectivity index (χ1) is 8.74. The van der Waals surface area contributed by atoms with E-state index in [-0.39, 0.29) is 5.91 Å². The number of hydrogen-bond donors (Lipinski definition) is 2. The molecular formula is C14H15N3O. The molecule has 0 radical (unpaired) electrons. The topological polar surface area (TPSA) is 54.0 Å². The third-order valence-electron chi connectivity index (χ3n) is 2.40. The van der Waals surface area contributed by atoms with Crippen LogP contribution in [0.3, 0.4) is 0 Å². The van der Waals surface area contributed by atoms with Gasteiger partial charge in [0.15, 0.2) is 0 Å². The smallest absolute Gasteiger partial charge is 0.221 e. The van der Waals surface area contributed by atoms with Crippen molar-refractivity contribution in [1.82, 2.24) is 4.98 Å². The Morgan fingerprint density at radius 3 is 2.78 bits per heavy atom. The summed E-state index contributed by atoms with van der Waals surface area (Å²) in [5.41, 5.74) is 2.87. The Balaban J connectivity index is 1.99. The highest BCUT2D eigenvalue weighted by Gasteiger charge is 1.98. The lowest BCUT2D eigenvalue weighted by atomic mass is 10.2. The molecule has 0 atom stereocenters. The summed E-state index contributed by atoms with van der Waals surface area (Å²) < 4.78 is 0. The summed E-state index contributed by atoms with van der Waals surface area (Å²) in [7, 11) is 0. The predicted molar refractivity (Wildman–Crippen MR) is 72.3 cm³/mol. The first-order valence-electron chi connectivity index (χ1n) is 5.74. The fourth-order valence-electron chi connectivity index (χ4n) is 1.62. The molecular weight excluding hydrogens is 226 g/mol. The van der Waals surface area contributed by atoms with Gasteiger partial charge in [0, 0.05) is 37.2 Å². The number of aromatic nitrogens is 1. The van der Waals surface area contributed by atoms with Crippen molar-refractivity contribution in [2.24, 2.45) is 0 Å². The number of nitrogens with one attached hydrogen (secondary N) is 2.